The molecule has 2 aromatic carbocycles. The van der Waals surface area contributed by atoms with Crippen molar-refractivity contribution in [2.75, 3.05) is 13.1 Å². The molecular weight excluding hydrogens is 426 g/mol. The summed E-state index contributed by atoms with van der Waals surface area (Å²) >= 11 is 0. The third kappa shape index (κ3) is 4.69. The van der Waals surface area contributed by atoms with E-state index in [1.54, 1.807) is 41.4 Å². The van der Waals surface area contributed by atoms with Gasteiger partial charge in [-0.3, -0.25) is 9.89 Å². The minimum atomic E-state index is -0.322. The van der Waals surface area contributed by atoms with Gasteiger partial charge in [-0.05, 0) is 60.9 Å². The van der Waals surface area contributed by atoms with Crippen molar-refractivity contribution in [1.82, 2.24) is 20.1 Å². The second-order valence-electron chi connectivity index (χ2n) is 8.23. The fraction of sp³-hybridized carbons (Fsp3) is 0.240. The Morgan fingerprint density at radius 1 is 1.09 bits per heavy atom. The maximum atomic E-state index is 13.2. The highest BCUT2D eigenvalue weighted by Crippen LogP contribution is 2.28. The van der Waals surface area contributed by atoms with Crippen LogP contribution in [0.4, 0.5) is 8.78 Å². The molecule has 0 bridgehead atoms. The Kier molecular flexibility index (Phi) is 5.73. The van der Waals surface area contributed by atoms with Crippen molar-refractivity contribution in [2.24, 2.45) is 0 Å². The molecule has 1 fully saturated rings. The topological polar surface area (TPSA) is 75.0 Å². The molecule has 33 heavy (non-hydrogen) atoms. The first-order valence-corrected chi connectivity index (χ1v) is 10.8. The van der Waals surface area contributed by atoms with Gasteiger partial charge in [0.2, 0.25) is 0 Å². The van der Waals surface area contributed by atoms with Gasteiger partial charge in [0.1, 0.15) is 23.1 Å². The van der Waals surface area contributed by atoms with Crippen LogP contribution in [0.15, 0.2) is 65.2 Å². The number of hydrogen-bond donors (Lipinski definition) is 1. The van der Waals surface area contributed by atoms with Crippen molar-refractivity contribution >= 4 is 5.91 Å². The lowest BCUT2D eigenvalue weighted by Gasteiger charge is -2.30. The van der Waals surface area contributed by atoms with Crippen LogP contribution < -0.4 is 0 Å². The molecule has 1 unspecified atom stereocenters. The minimum Gasteiger partial charge on any atom is -0.445 e. The summed E-state index contributed by atoms with van der Waals surface area (Å²) in [6.07, 6.45) is 3.95. The lowest BCUT2D eigenvalue weighted by Crippen LogP contribution is -2.39. The summed E-state index contributed by atoms with van der Waals surface area (Å²) in [6, 6.07) is 14.0. The van der Waals surface area contributed by atoms with Crippen LogP contribution in [0.5, 0.6) is 0 Å². The van der Waals surface area contributed by atoms with Crippen molar-refractivity contribution in [3.05, 3.63) is 95.3 Å². The molecule has 5 rings (SSSR count). The van der Waals surface area contributed by atoms with Crippen molar-refractivity contribution in [3.8, 4) is 11.3 Å². The lowest BCUT2D eigenvalue weighted by atomic mass is 9.97. The zero-order chi connectivity index (χ0) is 22.8. The first-order chi connectivity index (χ1) is 16.0. The van der Waals surface area contributed by atoms with Crippen LogP contribution in [0.3, 0.4) is 0 Å². The second-order valence-corrected chi connectivity index (χ2v) is 8.23. The Hall–Kier alpha value is -3.81. The van der Waals surface area contributed by atoms with Crippen molar-refractivity contribution in [1.29, 1.82) is 0 Å². The third-order valence-corrected chi connectivity index (χ3v) is 5.87. The number of piperidine rings is 1. The van der Waals surface area contributed by atoms with Crippen LogP contribution in [0.1, 0.15) is 46.5 Å². The highest BCUT2D eigenvalue weighted by Gasteiger charge is 2.29. The summed E-state index contributed by atoms with van der Waals surface area (Å²) in [4.78, 5) is 19.3. The number of carbonyl (C=O) groups is 1. The van der Waals surface area contributed by atoms with Gasteiger partial charge in [0.15, 0.2) is 5.89 Å². The molecule has 1 saturated heterocycles. The number of oxazole rings is 1. The molecular formula is C25H22F2N4O2. The highest BCUT2D eigenvalue weighted by molar-refractivity contribution is 5.93. The molecule has 1 amide bonds. The number of nitrogens with zero attached hydrogens (tertiary/aromatic N) is 3. The molecule has 168 valence electrons. The number of carbonyl (C=O) groups excluding carboxylic acids is 1. The van der Waals surface area contributed by atoms with Gasteiger partial charge in [0.05, 0.1) is 17.8 Å². The van der Waals surface area contributed by atoms with Crippen molar-refractivity contribution in [2.45, 2.75) is 25.2 Å². The SMILES string of the molecule is O=C(c1cc(-c2ccc(F)cc2)n[nH]1)N1CCCC(c2ncc(Cc3ccc(F)cc3)o2)C1. The fourth-order valence-electron chi connectivity index (χ4n) is 4.13. The Bertz CT molecular complexity index is 1250. The first-order valence-electron chi connectivity index (χ1n) is 10.8. The van der Waals surface area contributed by atoms with E-state index in [1.807, 2.05) is 0 Å². The van der Waals surface area contributed by atoms with E-state index in [2.05, 4.69) is 15.2 Å². The van der Waals surface area contributed by atoms with E-state index in [0.717, 1.165) is 24.0 Å². The molecule has 0 radical (unpaired) electrons. The second kappa shape index (κ2) is 8.97. The average Bonchev–Trinajstić information content (AvgIpc) is 3.51. The number of benzene rings is 2. The lowest BCUT2D eigenvalue weighted by molar-refractivity contribution is 0.0692. The van der Waals surface area contributed by atoms with Gasteiger partial charge in [-0.2, -0.15) is 5.10 Å². The van der Waals surface area contributed by atoms with Crippen LogP contribution in [0.2, 0.25) is 0 Å². The molecule has 0 spiro atoms. The molecule has 0 saturated carbocycles. The zero-order valence-electron chi connectivity index (χ0n) is 17.8. The smallest absolute Gasteiger partial charge is 0.271 e. The summed E-state index contributed by atoms with van der Waals surface area (Å²) in [5, 5.41) is 7.01. The number of hydrogen-bond acceptors (Lipinski definition) is 4. The van der Waals surface area contributed by atoms with E-state index >= 15 is 0 Å². The number of amides is 1. The summed E-state index contributed by atoms with van der Waals surface area (Å²) in [6.45, 7) is 1.14. The van der Waals surface area contributed by atoms with Crippen molar-refractivity contribution in [3.63, 3.8) is 0 Å². The molecule has 1 N–H and O–H groups in total. The van der Waals surface area contributed by atoms with Gasteiger partial charge in [0, 0.05) is 25.1 Å². The molecule has 6 nitrogen and oxygen atoms in total. The Morgan fingerprint density at radius 3 is 2.58 bits per heavy atom. The largest absolute Gasteiger partial charge is 0.445 e. The van der Waals surface area contributed by atoms with E-state index in [0.29, 0.717) is 42.5 Å². The van der Waals surface area contributed by atoms with Gasteiger partial charge >= 0.3 is 0 Å². The van der Waals surface area contributed by atoms with Gasteiger partial charge in [-0.15, -0.1) is 0 Å². The molecule has 1 aliphatic rings. The fourth-order valence-corrected chi connectivity index (χ4v) is 4.13. The van der Waals surface area contributed by atoms with Crippen molar-refractivity contribution < 1.29 is 18.0 Å². The predicted molar refractivity (Wildman–Crippen MR) is 118 cm³/mol. The van der Waals surface area contributed by atoms with Crippen LogP contribution in [0, 0.1) is 11.6 Å². The predicted octanol–water partition coefficient (Wildman–Crippen LogP) is 4.95. The molecule has 3 heterocycles. The minimum absolute atomic E-state index is 0.00385. The van der Waals surface area contributed by atoms with E-state index in [-0.39, 0.29) is 23.5 Å². The van der Waals surface area contributed by atoms with E-state index in [9.17, 15) is 13.6 Å². The van der Waals surface area contributed by atoms with Gasteiger partial charge in [-0.25, -0.2) is 13.8 Å². The van der Waals surface area contributed by atoms with Crippen LogP contribution >= 0.6 is 0 Å². The summed E-state index contributed by atoms with van der Waals surface area (Å²) in [7, 11) is 0. The molecule has 4 aromatic rings. The first kappa shape index (κ1) is 21.1. The Labute approximate surface area is 189 Å². The monoisotopic (exact) mass is 448 g/mol. The van der Waals surface area contributed by atoms with Crippen LogP contribution in [-0.4, -0.2) is 39.1 Å². The molecule has 0 aliphatic carbocycles. The number of rotatable bonds is 5. The number of likely N-dealkylation sites (tertiary alicyclic amines) is 1. The van der Waals surface area contributed by atoms with E-state index in [4.69, 9.17) is 4.42 Å². The average molecular weight is 448 g/mol. The van der Waals surface area contributed by atoms with Crippen LogP contribution in [-0.2, 0) is 6.42 Å². The number of halogens is 2. The summed E-state index contributed by atoms with van der Waals surface area (Å²) in [5.41, 5.74) is 2.65. The quantitative estimate of drug-likeness (QED) is 0.469. The Balaban J connectivity index is 1.25. The normalized spacial score (nSPS) is 16.2. The van der Waals surface area contributed by atoms with Crippen LogP contribution in [0.25, 0.3) is 11.3 Å². The van der Waals surface area contributed by atoms with E-state index < -0.39 is 0 Å². The third-order valence-electron chi connectivity index (χ3n) is 5.87. The molecule has 1 atom stereocenters. The maximum absolute atomic E-state index is 13.2. The van der Waals surface area contributed by atoms with Gasteiger partial charge in [0.25, 0.3) is 5.91 Å². The van der Waals surface area contributed by atoms with Gasteiger partial charge in [-0.1, -0.05) is 12.1 Å². The van der Waals surface area contributed by atoms with E-state index in [1.165, 1.54) is 24.3 Å². The van der Waals surface area contributed by atoms with Gasteiger partial charge < -0.3 is 9.32 Å². The molecule has 1 aliphatic heterocycles. The highest BCUT2D eigenvalue weighted by atomic mass is 19.1. The maximum Gasteiger partial charge on any atom is 0.271 e. The Morgan fingerprint density at radius 2 is 1.82 bits per heavy atom. The number of aromatic nitrogens is 3. The summed E-state index contributed by atoms with van der Waals surface area (Å²) < 4.78 is 32.2. The zero-order valence-corrected chi connectivity index (χ0v) is 17.8. The number of H-pyrrole nitrogens is 1. The summed E-state index contributed by atoms with van der Waals surface area (Å²) in [5.74, 6) is 0.588. The number of nitrogens with one attached hydrogen (secondary N) is 1. The molecule has 8 heteroatoms. The number of aromatic amines is 1. The molecule has 2 aromatic heterocycles. The standard InChI is InChI=1S/C25H22F2N4O2/c26-19-7-3-16(4-8-19)12-21-14-28-24(33-21)18-2-1-11-31(15-18)25(32)23-13-22(29-30-23)17-5-9-20(27)10-6-17/h3-10,13-14,18H,1-2,11-12,15H2,(H,29,30).